The lowest BCUT2D eigenvalue weighted by Crippen LogP contribution is -2.42. The molecule has 2 amide bonds. The maximum Gasteiger partial charge on any atom is 0.328 e. The van der Waals surface area contributed by atoms with Gasteiger partial charge in [0.2, 0.25) is 5.91 Å². The number of thiophene rings is 1. The number of hydrogen-bond acceptors (Lipinski definition) is 5. The molecule has 0 aliphatic carbocycles. The van der Waals surface area contributed by atoms with Crippen molar-refractivity contribution in [3.63, 3.8) is 0 Å². The van der Waals surface area contributed by atoms with Crippen LogP contribution in [0.25, 0.3) is 0 Å². The van der Waals surface area contributed by atoms with Crippen molar-refractivity contribution in [2.24, 2.45) is 5.92 Å². The zero-order valence-corrected chi connectivity index (χ0v) is 14.6. The molecule has 0 aliphatic heterocycles. The number of carbonyl (C=O) groups is 3. The first-order chi connectivity index (χ1) is 10.9. The average molecular weight is 340 g/mol. The average Bonchev–Trinajstić information content (AvgIpc) is 3.03. The molecule has 1 unspecified atom stereocenters. The van der Waals surface area contributed by atoms with Gasteiger partial charge >= 0.3 is 5.97 Å². The normalized spacial score (nSPS) is 11.8. The van der Waals surface area contributed by atoms with E-state index in [4.69, 9.17) is 4.74 Å². The molecule has 6 nitrogen and oxygen atoms in total. The topological polar surface area (TPSA) is 84.5 Å². The van der Waals surface area contributed by atoms with Gasteiger partial charge in [0.05, 0.1) is 12.0 Å². The maximum absolute atomic E-state index is 11.9. The van der Waals surface area contributed by atoms with Gasteiger partial charge in [-0.25, -0.2) is 4.79 Å². The maximum atomic E-state index is 11.9. The van der Waals surface area contributed by atoms with E-state index in [2.05, 4.69) is 10.6 Å². The van der Waals surface area contributed by atoms with E-state index in [1.807, 2.05) is 25.3 Å². The molecule has 0 saturated heterocycles. The number of methoxy groups -OCH3 is 1. The van der Waals surface area contributed by atoms with Crippen LogP contribution in [0.2, 0.25) is 0 Å². The molecule has 23 heavy (non-hydrogen) atoms. The third-order valence-electron chi connectivity index (χ3n) is 3.14. The van der Waals surface area contributed by atoms with Gasteiger partial charge < -0.3 is 15.4 Å². The van der Waals surface area contributed by atoms with Crippen LogP contribution < -0.4 is 10.6 Å². The summed E-state index contributed by atoms with van der Waals surface area (Å²) in [5.41, 5.74) is 0. The van der Waals surface area contributed by atoms with Crippen molar-refractivity contribution >= 4 is 29.1 Å². The molecule has 1 rings (SSSR count). The van der Waals surface area contributed by atoms with E-state index in [9.17, 15) is 14.4 Å². The highest BCUT2D eigenvalue weighted by molar-refractivity contribution is 7.12. The van der Waals surface area contributed by atoms with Crippen LogP contribution >= 0.6 is 11.3 Å². The number of hydrogen-bond donors (Lipinski definition) is 2. The van der Waals surface area contributed by atoms with Crippen LogP contribution in [0.5, 0.6) is 0 Å². The minimum atomic E-state index is -0.617. The van der Waals surface area contributed by atoms with E-state index in [1.165, 1.54) is 18.4 Å². The second kappa shape index (κ2) is 9.99. The van der Waals surface area contributed by atoms with Crippen LogP contribution in [0.1, 0.15) is 42.8 Å². The van der Waals surface area contributed by atoms with E-state index in [0.29, 0.717) is 24.3 Å². The summed E-state index contributed by atoms with van der Waals surface area (Å²) in [7, 11) is 1.31. The Hall–Kier alpha value is -1.89. The number of nitrogens with one attached hydrogen (secondary N) is 2. The highest BCUT2D eigenvalue weighted by Gasteiger charge is 2.22. The molecule has 1 atom stereocenters. The molecule has 0 aromatic carbocycles. The molecule has 0 saturated carbocycles. The van der Waals surface area contributed by atoms with Crippen LogP contribution in [0.4, 0.5) is 0 Å². The van der Waals surface area contributed by atoms with Gasteiger partial charge in [0, 0.05) is 13.0 Å². The minimum Gasteiger partial charge on any atom is -0.467 e. The number of carbonyl (C=O) groups excluding carboxylic acids is 3. The molecular formula is C16H24N2O4S. The van der Waals surface area contributed by atoms with E-state index in [1.54, 1.807) is 6.07 Å². The second-order valence-electron chi connectivity index (χ2n) is 5.61. The van der Waals surface area contributed by atoms with E-state index >= 15 is 0 Å². The molecule has 0 radical (unpaired) electrons. The monoisotopic (exact) mass is 340 g/mol. The SMILES string of the molecule is COC(=O)C(CC(C)C)NC(=O)CCCNC(=O)c1cccs1. The Labute approximate surface area is 140 Å². The zero-order valence-electron chi connectivity index (χ0n) is 13.8. The Morgan fingerprint density at radius 3 is 2.61 bits per heavy atom. The van der Waals surface area contributed by atoms with Crippen molar-refractivity contribution in [1.29, 1.82) is 0 Å². The molecule has 0 fully saturated rings. The fourth-order valence-corrected chi connectivity index (χ4v) is 2.68. The number of rotatable bonds is 9. The highest BCUT2D eigenvalue weighted by Crippen LogP contribution is 2.08. The number of esters is 1. The summed E-state index contributed by atoms with van der Waals surface area (Å²) in [6, 6.07) is 2.95. The molecule has 0 aliphatic rings. The van der Waals surface area contributed by atoms with E-state index in [0.717, 1.165) is 0 Å². The zero-order chi connectivity index (χ0) is 17.2. The van der Waals surface area contributed by atoms with Crippen LogP contribution in [0.3, 0.4) is 0 Å². The van der Waals surface area contributed by atoms with Crippen molar-refractivity contribution in [2.45, 2.75) is 39.2 Å². The summed E-state index contributed by atoms with van der Waals surface area (Å²) in [5, 5.41) is 7.29. The number of ether oxygens (including phenoxy) is 1. The summed E-state index contributed by atoms with van der Waals surface area (Å²) in [5.74, 6) is -0.512. The van der Waals surface area contributed by atoms with Crippen LogP contribution in [-0.4, -0.2) is 37.5 Å². The molecule has 128 valence electrons. The van der Waals surface area contributed by atoms with Gasteiger partial charge in [-0.2, -0.15) is 0 Å². The van der Waals surface area contributed by atoms with Crippen molar-refractivity contribution in [2.75, 3.05) is 13.7 Å². The van der Waals surface area contributed by atoms with Gasteiger partial charge in [-0.15, -0.1) is 11.3 Å². The molecule has 1 aromatic rings. The van der Waals surface area contributed by atoms with Crippen LogP contribution in [-0.2, 0) is 14.3 Å². The summed E-state index contributed by atoms with van der Waals surface area (Å²) < 4.78 is 4.70. The Morgan fingerprint density at radius 2 is 2.04 bits per heavy atom. The summed E-state index contributed by atoms with van der Waals surface area (Å²) >= 11 is 1.37. The largest absolute Gasteiger partial charge is 0.467 e. The molecule has 7 heteroatoms. The fraction of sp³-hybridized carbons (Fsp3) is 0.562. The molecule has 0 bridgehead atoms. The first-order valence-electron chi connectivity index (χ1n) is 7.63. The Morgan fingerprint density at radius 1 is 1.30 bits per heavy atom. The van der Waals surface area contributed by atoms with Crippen LogP contribution in [0.15, 0.2) is 17.5 Å². The van der Waals surface area contributed by atoms with Crippen LogP contribution in [0, 0.1) is 5.92 Å². The van der Waals surface area contributed by atoms with Crippen molar-refractivity contribution in [3.8, 4) is 0 Å². The lowest BCUT2D eigenvalue weighted by atomic mass is 10.0. The van der Waals surface area contributed by atoms with Crippen molar-refractivity contribution in [1.82, 2.24) is 10.6 Å². The molecular weight excluding hydrogens is 316 g/mol. The molecule has 1 aromatic heterocycles. The van der Waals surface area contributed by atoms with Gasteiger partial charge in [0.25, 0.3) is 5.91 Å². The lowest BCUT2D eigenvalue weighted by molar-refractivity contribution is -0.145. The Kier molecular flexibility index (Phi) is 8.32. The van der Waals surface area contributed by atoms with E-state index < -0.39 is 12.0 Å². The molecule has 0 spiro atoms. The van der Waals surface area contributed by atoms with Crippen molar-refractivity contribution < 1.29 is 19.1 Å². The second-order valence-corrected chi connectivity index (χ2v) is 6.56. The smallest absolute Gasteiger partial charge is 0.328 e. The van der Waals surface area contributed by atoms with Crippen molar-refractivity contribution in [3.05, 3.63) is 22.4 Å². The highest BCUT2D eigenvalue weighted by atomic mass is 32.1. The third-order valence-corrected chi connectivity index (χ3v) is 4.01. The first-order valence-corrected chi connectivity index (χ1v) is 8.51. The quantitative estimate of drug-likeness (QED) is 0.532. The predicted octanol–water partition coefficient (Wildman–Crippen LogP) is 1.96. The molecule has 2 N–H and O–H groups in total. The summed E-state index contributed by atoms with van der Waals surface area (Å²) in [6.45, 7) is 4.36. The first kappa shape index (κ1) is 19.2. The standard InChI is InChI=1S/C16H24N2O4S/c1-11(2)10-12(16(21)22-3)18-14(19)7-4-8-17-15(20)13-6-5-9-23-13/h5-6,9,11-12H,4,7-8,10H2,1-3H3,(H,17,20)(H,18,19). The lowest BCUT2D eigenvalue weighted by Gasteiger charge is -2.18. The number of amides is 2. The van der Waals surface area contributed by atoms with E-state index in [-0.39, 0.29) is 24.2 Å². The van der Waals surface area contributed by atoms with Gasteiger partial charge in [0.1, 0.15) is 6.04 Å². The van der Waals surface area contributed by atoms with Gasteiger partial charge in [-0.3, -0.25) is 9.59 Å². The van der Waals surface area contributed by atoms with Gasteiger partial charge in [-0.05, 0) is 30.2 Å². The fourth-order valence-electron chi connectivity index (χ4n) is 2.04. The third kappa shape index (κ3) is 7.27. The Bertz CT molecular complexity index is 514. The van der Waals surface area contributed by atoms with Gasteiger partial charge in [-0.1, -0.05) is 19.9 Å². The molecule has 1 heterocycles. The predicted molar refractivity (Wildman–Crippen MR) is 89.3 cm³/mol. The summed E-state index contributed by atoms with van der Waals surface area (Å²) in [6.07, 6.45) is 1.29. The minimum absolute atomic E-state index is 0.132. The Balaban J connectivity index is 2.29. The van der Waals surface area contributed by atoms with Gasteiger partial charge in [0.15, 0.2) is 0 Å². The summed E-state index contributed by atoms with van der Waals surface area (Å²) in [4.78, 5) is 35.9.